The molecule has 0 atom stereocenters. The van der Waals surface area contributed by atoms with Crippen molar-refractivity contribution >= 4 is 0 Å². The molecule has 16 heavy (non-hydrogen) atoms. The number of rotatable bonds is 1. The predicted octanol–water partition coefficient (Wildman–Crippen LogP) is 4.45. The summed E-state index contributed by atoms with van der Waals surface area (Å²) >= 11 is 0. The zero-order valence-electron chi connectivity index (χ0n) is 10.1. The van der Waals surface area contributed by atoms with E-state index in [2.05, 4.69) is 57.2 Å². The molecular formula is C16H17. The summed E-state index contributed by atoms with van der Waals surface area (Å²) in [5, 5.41) is 0. The Labute approximate surface area is 97.9 Å². The summed E-state index contributed by atoms with van der Waals surface area (Å²) in [6.07, 6.45) is 0. The summed E-state index contributed by atoms with van der Waals surface area (Å²) in [6, 6.07) is 20.0. The average Bonchev–Trinajstić information content (AvgIpc) is 2.29. The highest BCUT2D eigenvalue weighted by atomic mass is 14.2. The van der Waals surface area contributed by atoms with Crippen molar-refractivity contribution in [1.29, 1.82) is 0 Å². The Hall–Kier alpha value is -1.56. The fraction of sp³-hybridized carbons (Fsp3) is 0.250. The largest absolute Gasteiger partial charge is 0.0610 e. The molecule has 1 radical (unpaired) electrons. The zero-order chi connectivity index (χ0) is 11.6. The summed E-state index contributed by atoms with van der Waals surface area (Å²) in [7, 11) is 0. The third-order valence-corrected chi connectivity index (χ3v) is 2.79. The molecule has 2 rings (SSSR count). The van der Waals surface area contributed by atoms with Gasteiger partial charge in [-0.3, -0.25) is 0 Å². The van der Waals surface area contributed by atoms with E-state index >= 15 is 0 Å². The second-order valence-corrected chi connectivity index (χ2v) is 5.12. The van der Waals surface area contributed by atoms with E-state index in [1.54, 1.807) is 0 Å². The molecule has 0 amide bonds. The molecule has 0 saturated carbocycles. The van der Waals surface area contributed by atoms with E-state index in [1.165, 1.54) is 16.7 Å². The van der Waals surface area contributed by atoms with Crippen LogP contribution in [0.25, 0.3) is 11.1 Å². The highest BCUT2D eigenvalue weighted by Crippen LogP contribution is 2.25. The Morgan fingerprint density at radius 3 is 2.06 bits per heavy atom. The average molecular weight is 209 g/mol. The van der Waals surface area contributed by atoms with Crippen LogP contribution < -0.4 is 0 Å². The van der Waals surface area contributed by atoms with Crippen molar-refractivity contribution in [2.45, 2.75) is 26.2 Å². The minimum Gasteiger partial charge on any atom is -0.0610 e. The molecule has 2 aromatic carbocycles. The van der Waals surface area contributed by atoms with Crippen LogP contribution in [0.3, 0.4) is 0 Å². The summed E-state index contributed by atoms with van der Waals surface area (Å²) < 4.78 is 0. The summed E-state index contributed by atoms with van der Waals surface area (Å²) in [5.74, 6) is 0. The van der Waals surface area contributed by atoms with Crippen LogP contribution in [0.2, 0.25) is 0 Å². The third kappa shape index (κ3) is 2.33. The minimum atomic E-state index is 0.224. The van der Waals surface area contributed by atoms with E-state index in [1.807, 2.05) is 18.2 Å². The van der Waals surface area contributed by atoms with Crippen LogP contribution in [-0.2, 0) is 5.41 Å². The third-order valence-electron chi connectivity index (χ3n) is 2.79. The van der Waals surface area contributed by atoms with Crippen molar-refractivity contribution < 1.29 is 0 Å². The second kappa shape index (κ2) is 4.13. The molecule has 0 fully saturated rings. The molecule has 0 saturated heterocycles. The maximum Gasteiger partial charge on any atom is -0.0132 e. The first-order valence-electron chi connectivity index (χ1n) is 5.64. The van der Waals surface area contributed by atoms with Gasteiger partial charge in [0.05, 0.1) is 0 Å². The molecule has 0 aliphatic rings. The van der Waals surface area contributed by atoms with Crippen molar-refractivity contribution in [2.75, 3.05) is 0 Å². The molecule has 0 aliphatic carbocycles. The summed E-state index contributed by atoms with van der Waals surface area (Å²) in [5.41, 5.74) is 4.07. The van der Waals surface area contributed by atoms with Crippen molar-refractivity contribution in [3.8, 4) is 11.1 Å². The molecule has 0 aliphatic heterocycles. The van der Waals surface area contributed by atoms with Crippen molar-refractivity contribution in [1.82, 2.24) is 0 Å². The minimum absolute atomic E-state index is 0.224. The van der Waals surface area contributed by atoms with Crippen molar-refractivity contribution in [3.63, 3.8) is 0 Å². The van der Waals surface area contributed by atoms with Gasteiger partial charge in [0.15, 0.2) is 0 Å². The van der Waals surface area contributed by atoms with Gasteiger partial charge in [-0.25, -0.2) is 0 Å². The highest BCUT2D eigenvalue weighted by Gasteiger charge is 2.12. The Bertz CT molecular complexity index is 444. The molecule has 81 valence electrons. The van der Waals surface area contributed by atoms with Crippen LogP contribution in [0.15, 0.2) is 48.5 Å². The molecule has 0 spiro atoms. The van der Waals surface area contributed by atoms with Crippen LogP contribution in [0.1, 0.15) is 26.3 Å². The Morgan fingerprint density at radius 1 is 0.875 bits per heavy atom. The molecule has 2 aromatic rings. The van der Waals surface area contributed by atoms with E-state index < -0.39 is 0 Å². The van der Waals surface area contributed by atoms with E-state index in [9.17, 15) is 0 Å². The van der Waals surface area contributed by atoms with Gasteiger partial charge in [0.1, 0.15) is 0 Å². The van der Waals surface area contributed by atoms with Crippen LogP contribution in [-0.4, -0.2) is 0 Å². The molecule has 0 bridgehead atoms. The Balaban J connectivity index is 2.34. The molecular weight excluding hydrogens is 192 g/mol. The summed E-state index contributed by atoms with van der Waals surface area (Å²) in [4.78, 5) is 0. The van der Waals surface area contributed by atoms with Gasteiger partial charge < -0.3 is 0 Å². The van der Waals surface area contributed by atoms with Gasteiger partial charge in [0, 0.05) is 0 Å². The predicted molar refractivity (Wildman–Crippen MR) is 69.4 cm³/mol. The fourth-order valence-electron chi connectivity index (χ4n) is 1.74. The zero-order valence-corrected chi connectivity index (χ0v) is 10.1. The molecule has 0 nitrogen and oxygen atoms in total. The Kier molecular flexibility index (Phi) is 2.82. The van der Waals surface area contributed by atoms with Crippen LogP contribution in [0, 0.1) is 6.07 Å². The standard InChI is InChI=1S/C16H17/c1-16(2,3)15-11-9-14(10-12-15)13-7-5-4-6-8-13/h4-5,7-12H,1-3H3. The lowest BCUT2D eigenvalue weighted by molar-refractivity contribution is 0.590. The van der Waals surface area contributed by atoms with Crippen molar-refractivity contribution in [3.05, 3.63) is 60.2 Å². The molecule has 0 heterocycles. The van der Waals surface area contributed by atoms with Gasteiger partial charge in [-0.15, -0.1) is 0 Å². The molecule has 0 N–H and O–H groups in total. The van der Waals surface area contributed by atoms with E-state index in [-0.39, 0.29) is 5.41 Å². The maximum absolute atomic E-state index is 3.10. The SMILES string of the molecule is CC(C)(C)c1ccc(-c2c[c]ccc2)cc1. The molecule has 0 heteroatoms. The van der Waals surface area contributed by atoms with E-state index in [0.717, 1.165) is 0 Å². The first-order chi connectivity index (χ1) is 7.57. The van der Waals surface area contributed by atoms with Crippen LogP contribution in [0.4, 0.5) is 0 Å². The second-order valence-electron chi connectivity index (χ2n) is 5.12. The smallest absolute Gasteiger partial charge is 0.0132 e. The molecule has 0 unspecified atom stereocenters. The topological polar surface area (TPSA) is 0 Å². The monoisotopic (exact) mass is 209 g/mol. The van der Waals surface area contributed by atoms with Gasteiger partial charge in [0.25, 0.3) is 0 Å². The normalized spacial score (nSPS) is 11.4. The first kappa shape index (κ1) is 10.9. The van der Waals surface area contributed by atoms with Gasteiger partial charge >= 0.3 is 0 Å². The van der Waals surface area contributed by atoms with E-state index in [0.29, 0.717) is 0 Å². The summed E-state index contributed by atoms with van der Waals surface area (Å²) in [6.45, 7) is 6.70. The first-order valence-corrected chi connectivity index (χ1v) is 5.64. The van der Waals surface area contributed by atoms with Crippen LogP contribution in [0.5, 0.6) is 0 Å². The highest BCUT2D eigenvalue weighted by molar-refractivity contribution is 5.63. The number of hydrogen-bond acceptors (Lipinski definition) is 0. The molecule has 0 aromatic heterocycles. The van der Waals surface area contributed by atoms with E-state index in [4.69, 9.17) is 0 Å². The Morgan fingerprint density at radius 2 is 1.56 bits per heavy atom. The number of benzene rings is 2. The lowest BCUT2D eigenvalue weighted by Crippen LogP contribution is -2.10. The lowest BCUT2D eigenvalue weighted by atomic mass is 9.86. The van der Waals surface area contributed by atoms with Gasteiger partial charge in [0.2, 0.25) is 0 Å². The number of hydrogen-bond donors (Lipinski definition) is 0. The maximum atomic E-state index is 3.10. The van der Waals surface area contributed by atoms with Gasteiger partial charge in [-0.1, -0.05) is 63.2 Å². The van der Waals surface area contributed by atoms with Crippen molar-refractivity contribution in [2.24, 2.45) is 0 Å². The fourth-order valence-corrected chi connectivity index (χ4v) is 1.74. The van der Waals surface area contributed by atoms with Gasteiger partial charge in [-0.05, 0) is 34.2 Å². The van der Waals surface area contributed by atoms with Gasteiger partial charge in [-0.2, -0.15) is 0 Å². The lowest BCUT2D eigenvalue weighted by Gasteiger charge is -2.19. The van der Waals surface area contributed by atoms with Crippen LogP contribution >= 0.6 is 0 Å². The quantitative estimate of drug-likeness (QED) is 0.651.